The molecule has 0 atom stereocenters. The lowest BCUT2D eigenvalue weighted by molar-refractivity contribution is 0.0526. The number of anilines is 1. The van der Waals surface area contributed by atoms with Crippen LogP contribution in [0.1, 0.15) is 23.7 Å². The summed E-state index contributed by atoms with van der Waals surface area (Å²) < 4.78 is 16.2. The number of hydrogen-bond acceptors (Lipinski definition) is 7. The molecule has 4 rings (SSSR count). The molecule has 2 heterocycles. The maximum atomic E-state index is 11.7. The first kappa shape index (κ1) is 20.2. The molecule has 0 unspecified atom stereocenters. The molecule has 0 amide bonds. The second-order valence-electron chi connectivity index (χ2n) is 7.28. The predicted molar refractivity (Wildman–Crippen MR) is 115 cm³/mol. The number of carbonyl (C=O) groups is 1. The van der Waals surface area contributed by atoms with Crippen LogP contribution in [0.5, 0.6) is 5.75 Å². The summed E-state index contributed by atoms with van der Waals surface area (Å²) in [5, 5.41) is 5.34. The number of aromatic nitrogens is 1. The van der Waals surface area contributed by atoms with Gasteiger partial charge in [-0.2, -0.15) is 0 Å². The monoisotopic (exact) mass is 409 g/mol. The van der Waals surface area contributed by atoms with E-state index in [0.717, 1.165) is 61.7 Å². The molecule has 1 aromatic heterocycles. The number of hydrogen-bond donors (Lipinski definition) is 0. The van der Waals surface area contributed by atoms with Gasteiger partial charge < -0.3 is 18.9 Å². The largest absolute Gasteiger partial charge is 0.494 e. The Morgan fingerprint density at radius 1 is 1.07 bits per heavy atom. The quantitative estimate of drug-likeness (QED) is 0.416. The molecule has 0 aliphatic carbocycles. The summed E-state index contributed by atoms with van der Waals surface area (Å²) in [4.78, 5) is 16.4. The zero-order chi connectivity index (χ0) is 20.8. The van der Waals surface area contributed by atoms with Crippen molar-refractivity contribution < 1.29 is 18.8 Å². The van der Waals surface area contributed by atoms with Crippen molar-refractivity contribution >= 4 is 22.8 Å². The van der Waals surface area contributed by atoms with Crippen LogP contribution in [0, 0.1) is 0 Å². The third-order valence-electron chi connectivity index (χ3n) is 5.28. The normalized spacial score (nSPS) is 14.8. The van der Waals surface area contributed by atoms with Gasteiger partial charge in [0, 0.05) is 32.7 Å². The van der Waals surface area contributed by atoms with E-state index in [1.54, 1.807) is 19.1 Å². The highest BCUT2D eigenvalue weighted by atomic mass is 16.5. The highest BCUT2D eigenvalue weighted by Crippen LogP contribution is 2.26. The van der Waals surface area contributed by atoms with Crippen molar-refractivity contribution in [3.05, 3.63) is 54.1 Å². The number of para-hydroxylation sites is 1. The van der Waals surface area contributed by atoms with Crippen LogP contribution in [-0.4, -0.2) is 62.0 Å². The summed E-state index contributed by atoms with van der Waals surface area (Å²) in [5.74, 6) is 1.41. The number of rotatable bonds is 8. The molecule has 1 fully saturated rings. The van der Waals surface area contributed by atoms with Gasteiger partial charge in [-0.3, -0.25) is 4.90 Å². The smallest absolute Gasteiger partial charge is 0.338 e. The first-order valence-electron chi connectivity index (χ1n) is 10.5. The Labute approximate surface area is 176 Å². The minimum absolute atomic E-state index is 0.304. The molecule has 3 aromatic rings. The Bertz CT molecular complexity index is 962. The molecule has 30 heavy (non-hydrogen) atoms. The topological polar surface area (TPSA) is 68.0 Å². The average Bonchev–Trinajstić information content (AvgIpc) is 3.22. The van der Waals surface area contributed by atoms with Gasteiger partial charge >= 0.3 is 5.97 Å². The van der Waals surface area contributed by atoms with Crippen LogP contribution in [-0.2, 0) is 4.74 Å². The van der Waals surface area contributed by atoms with Crippen LogP contribution in [0.25, 0.3) is 11.0 Å². The third-order valence-corrected chi connectivity index (χ3v) is 5.28. The van der Waals surface area contributed by atoms with Crippen molar-refractivity contribution in [1.82, 2.24) is 10.1 Å². The van der Waals surface area contributed by atoms with Crippen LogP contribution in [0.4, 0.5) is 5.82 Å². The van der Waals surface area contributed by atoms with Gasteiger partial charge in [0.05, 0.1) is 24.2 Å². The van der Waals surface area contributed by atoms with Gasteiger partial charge in [0.2, 0.25) is 0 Å². The Morgan fingerprint density at radius 2 is 1.83 bits per heavy atom. The van der Waals surface area contributed by atoms with Crippen LogP contribution in [0.15, 0.2) is 53.1 Å². The van der Waals surface area contributed by atoms with Crippen molar-refractivity contribution in [2.75, 3.05) is 50.8 Å². The van der Waals surface area contributed by atoms with E-state index in [2.05, 4.69) is 21.0 Å². The lowest BCUT2D eigenvalue weighted by Crippen LogP contribution is -2.47. The second-order valence-corrected chi connectivity index (χ2v) is 7.28. The highest BCUT2D eigenvalue weighted by molar-refractivity contribution is 5.89. The molecular weight excluding hydrogens is 382 g/mol. The fourth-order valence-corrected chi connectivity index (χ4v) is 3.66. The van der Waals surface area contributed by atoms with Gasteiger partial charge in [-0.15, -0.1) is 0 Å². The number of fused-ring (bicyclic) bond motifs is 1. The Kier molecular flexibility index (Phi) is 6.49. The summed E-state index contributed by atoms with van der Waals surface area (Å²) in [6, 6.07) is 15.1. The number of benzene rings is 2. The maximum Gasteiger partial charge on any atom is 0.338 e. The Morgan fingerprint density at radius 3 is 2.60 bits per heavy atom. The number of piperazine rings is 1. The summed E-state index contributed by atoms with van der Waals surface area (Å²) in [6.45, 7) is 7.68. The minimum atomic E-state index is -0.304. The summed E-state index contributed by atoms with van der Waals surface area (Å²) in [7, 11) is 0. The standard InChI is InChI=1S/C23H27N3O4/c1-2-28-23(27)18-8-10-19(11-9-18)29-17-5-12-25-13-15-26(16-14-25)22-20-6-3-4-7-21(20)30-24-22/h3-4,6-11H,2,5,12-17H2,1H3. The fourth-order valence-electron chi connectivity index (χ4n) is 3.66. The SMILES string of the molecule is CCOC(=O)c1ccc(OCCCN2CCN(c3noc4ccccc34)CC2)cc1. The molecule has 158 valence electrons. The van der Waals surface area contributed by atoms with E-state index in [1.165, 1.54) is 0 Å². The van der Waals surface area contributed by atoms with Gasteiger partial charge in [0.15, 0.2) is 11.4 Å². The van der Waals surface area contributed by atoms with Gasteiger partial charge in [-0.1, -0.05) is 17.3 Å². The van der Waals surface area contributed by atoms with E-state index < -0.39 is 0 Å². The first-order chi connectivity index (χ1) is 14.7. The molecule has 7 nitrogen and oxygen atoms in total. The van der Waals surface area contributed by atoms with Crippen LogP contribution >= 0.6 is 0 Å². The Hall–Kier alpha value is -3.06. The van der Waals surface area contributed by atoms with E-state index in [4.69, 9.17) is 14.0 Å². The fraction of sp³-hybridized carbons (Fsp3) is 0.391. The number of ether oxygens (including phenoxy) is 2. The maximum absolute atomic E-state index is 11.7. The van der Waals surface area contributed by atoms with E-state index >= 15 is 0 Å². The van der Waals surface area contributed by atoms with Gasteiger partial charge in [0.1, 0.15) is 5.75 Å². The minimum Gasteiger partial charge on any atom is -0.494 e. The van der Waals surface area contributed by atoms with E-state index in [-0.39, 0.29) is 5.97 Å². The van der Waals surface area contributed by atoms with Gasteiger partial charge in [0.25, 0.3) is 0 Å². The van der Waals surface area contributed by atoms with Crippen LogP contribution in [0.2, 0.25) is 0 Å². The van der Waals surface area contributed by atoms with Crippen LogP contribution in [0.3, 0.4) is 0 Å². The average molecular weight is 409 g/mol. The first-order valence-corrected chi connectivity index (χ1v) is 10.5. The molecule has 1 saturated heterocycles. The summed E-state index contributed by atoms with van der Waals surface area (Å²) in [6.07, 6.45) is 0.951. The van der Waals surface area contributed by atoms with Gasteiger partial charge in [-0.05, 0) is 49.7 Å². The molecule has 0 N–H and O–H groups in total. The number of carbonyl (C=O) groups excluding carboxylic acids is 1. The highest BCUT2D eigenvalue weighted by Gasteiger charge is 2.21. The van der Waals surface area contributed by atoms with Gasteiger partial charge in [-0.25, -0.2) is 4.79 Å². The number of nitrogens with zero attached hydrogens (tertiary/aromatic N) is 3. The molecule has 0 saturated carbocycles. The third kappa shape index (κ3) is 4.74. The molecule has 0 bridgehead atoms. The summed E-state index contributed by atoms with van der Waals surface area (Å²) >= 11 is 0. The molecule has 0 spiro atoms. The molecular formula is C23H27N3O4. The lowest BCUT2D eigenvalue weighted by Gasteiger charge is -2.34. The predicted octanol–water partition coefficient (Wildman–Crippen LogP) is 3.60. The Balaban J connectivity index is 1.18. The van der Waals surface area contributed by atoms with Crippen molar-refractivity contribution in [2.24, 2.45) is 0 Å². The molecule has 2 aromatic carbocycles. The van der Waals surface area contributed by atoms with Crippen molar-refractivity contribution in [2.45, 2.75) is 13.3 Å². The van der Waals surface area contributed by atoms with Crippen molar-refractivity contribution in [3.8, 4) is 5.75 Å². The molecule has 1 aliphatic heterocycles. The number of esters is 1. The van der Waals surface area contributed by atoms with E-state index in [0.29, 0.717) is 18.8 Å². The lowest BCUT2D eigenvalue weighted by atomic mass is 10.2. The van der Waals surface area contributed by atoms with E-state index in [9.17, 15) is 4.79 Å². The zero-order valence-corrected chi connectivity index (χ0v) is 17.3. The zero-order valence-electron chi connectivity index (χ0n) is 17.3. The summed E-state index contributed by atoms with van der Waals surface area (Å²) in [5.41, 5.74) is 1.38. The molecule has 1 aliphatic rings. The second kappa shape index (κ2) is 9.63. The van der Waals surface area contributed by atoms with E-state index in [1.807, 2.05) is 30.3 Å². The van der Waals surface area contributed by atoms with Crippen LogP contribution < -0.4 is 9.64 Å². The molecule has 7 heteroatoms. The van der Waals surface area contributed by atoms with Crippen molar-refractivity contribution in [1.29, 1.82) is 0 Å². The molecule has 0 radical (unpaired) electrons. The van der Waals surface area contributed by atoms with Crippen molar-refractivity contribution in [3.63, 3.8) is 0 Å².